The fourth-order valence-corrected chi connectivity index (χ4v) is 2.01. The summed E-state index contributed by atoms with van der Waals surface area (Å²) in [5.74, 6) is 0.198. The molecule has 0 atom stereocenters. The Morgan fingerprint density at radius 2 is 2.18 bits per heavy atom. The molecule has 5 nitrogen and oxygen atoms in total. The molecule has 0 radical (unpaired) electrons. The van der Waals surface area contributed by atoms with Crippen molar-refractivity contribution in [2.75, 3.05) is 5.32 Å². The summed E-state index contributed by atoms with van der Waals surface area (Å²) in [6.07, 6.45) is 0. The second kappa shape index (κ2) is 5.42. The average Bonchev–Trinajstić information content (AvgIpc) is 2.19. The van der Waals surface area contributed by atoms with E-state index in [0.717, 1.165) is 5.56 Å². The number of hydrogen-bond donors (Lipinski definition) is 2. The first-order chi connectivity index (χ1) is 7.82. The maximum Gasteiger partial charge on any atom is 0.294 e. The highest BCUT2D eigenvalue weighted by Crippen LogP contribution is 2.36. The Morgan fingerprint density at radius 1 is 1.59 bits per heavy atom. The Labute approximate surface area is 113 Å². The molecule has 1 aromatic carbocycles. The fraction of sp³-hybridized carbons (Fsp3) is 0.300. The van der Waals surface area contributed by atoms with Crippen LogP contribution < -0.4 is 11.1 Å². The van der Waals surface area contributed by atoms with Gasteiger partial charge in [-0.1, -0.05) is 13.8 Å². The second-order valence-corrected chi connectivity index (χ2v) is 5.09. The van der Waals surface area contributed by atoms with Crippen LogP contribution in [0.3, 0.4) is 0 Å². The number of halogens is 1. The lowest BCUT2D eigenvalue weighted by Gasteiger charge is -2.11. The van der Waals surface area contributed by atoms with Gasteiger partial charge in [-0.15, -0.1) is 0 Å². The van der Waals surface area contributed by atoms with Gasteiger partial charge in [0.1, 0.15) is 5.69 Å². The minimum atomic E-state index is -0.461. The molecule has 0 amide bonds. The van der Waals surface area contributed by atoms with E-state index < -0.39 is 4.92 Å². The molecule has 0 aliphatic carbocycles. The average molecular weight is 318 g/mol. The SMILES string of the molecule is CC(C)c1cc(Br)c(NC(N)=S)c([N+](=O)[O-])c1. The third kappa shape index (κ3) is 3.37. The maximum atomic E-state index is 11.0. The lowest BCUT2D eigenvalue weighted by atomic mass is 10.0. The van der Waals surface area contributed by atoms with Gasteiger partial charge in [0, 0.05) is 10.5 Å². The zero-order chi connectivity index (χ0) is 13.2. The highest BCUT2D eigenvalue weighted by molar-refractivity contribution is 9.10. The van der Waals surface area contributed by atoms with Crippen LogP contribution in [0.15, 0.2) is 16.6 Å². The summed E-state index contributed by atoms with van der Waals surface area (Å²) >= 11 is 7.97. The van der Waals surface area contributed by atoms with Crippen LogP contribution in [0.4, 0.5) is 11.4 Å². The molecule has 0 unspecified atom stereocenters. The smallest absolute Gasteiger partial charge is 0.294 e. The van der Waals surface area contributed by atoms with E-state index in [9.17, 15) is 10.1 Å². The van der Waals surface area contributed by atoms with Crippen LogP contribution >= 0.6 is 28.1 Å². The van der Waals surface area contributed by atoms with Crippen molar-refractivity contribution >= 4 is 44.6 Å². The largest absolute Gasteiger partial charge is 0.376 e. The molecule has 3 N–H and O–H groups in total. The molecular formula is C10H12BrN3O2S. The number of hydrogen-bond acceptors (Lipinski definition) is 3. The van der Waals surface area contributed by atoms with Crippen molar-refractivity contribution < 1.29 is 4.92 Å². The summed E-state index contributed by atoms with van der Waals surface area (Å²) in [5, 5.41) is 13.6. The summed E-state index contributed by atoms with van der Waals surface area (Å²) < 4.78 is 0.572. The van der Waals surface area contributed by atoms with E-state index >= 15 is 0 Å². The number of nitro groups is 1. The van der Waals surface area contributed by atoms with Crippen LogP contribution in [0.5, 0.6) is 0 Å². The van der Waals surface area contributed by atoms with Gasteiger partial charge in [-0.2, -0.15) is 0 Å². The minimum Gasteiger partial charge on any atom is -0.376 e. The highest BCUT2D eigenvalue weighted by Gasteiger charge is 2.20. The number of nitrogens with zero attached hydrogens (tertiary/aromatic N) is 1. The van der Waals surface area contributed by atoms with Gasteiger partial charge < -0.3 is 11.1 Å². The molecule has 0 fully saturated rings. The van der Waals surface area contributed by atoms with Gasteiger partial charge in [-0.25, -0.2) is 0 Å². The monoisotopic (exact) mass is 317 g/mol. The first kappa shape index (κ1) is 13.9. The zero-order valence-electron chi connectivity index (χ0n) is 9.36. The van der Waals surface area contributed by atoms with Crippen molar-refractivity contribution in [3.05, 3.63) is 32.3 Å². The topological polar surface area (TPSA) is 81.2 Å². The van der Waals surface area contributed by atoms with E-state index in [2.05, 4.69) is 21.2 Å². The summed E-state index contributed by atoms with van der Waals surface area (Å²) in [4.78, 5) is 10.5. The quantitative estimate of drug-likeness (QED) is 0.508. The van der Waals surface area contributed by atoms with E-state index in [1.165, 1.54) is 6.07 Å². The summed E-state index contributed by atoms with van der Waals surface area (Å²) in [6.45, 7) is 3.93. The Balaban J connectivity index is 3.38. The van der Waals surface area contributed by atoms with E-state index in [1.807, 2.05) is 19.9 Å². The van der Waals surface area contributed by atoms with Gasteiger partial charge in [0.25, 0.3) is 5.69 Å². The summed E-state index contributed by atoms with van der Waals surface area (Å²) in [6, 6.07) is 3.34. The lowest BCUT2D eigenvalue weighted by molar-refractivity contribution is -0.384. The van der Waals surface area contributed by atoms with E-state index in [4.69, 9.17) is 18.0 Å². The molecule has 17 heavy (non-hydrogen) atoms. The van der Waals surface area contributed by atoms with Crippen LogP contribution in [0.25, 0.3) is 0 Å². The van der Waals surface area contributed by atoms with Gasteiger partial charge >= 0.3 is 0 Å². The van der Waals surface area contributed by atoms with Crippen LogP contribution in [0, 0.1) is 10.1 Å². The molecule has 92 valence electrons. The number of benzene rings is 1. The van der Waals surface area contributed by atoms with Crippen LogP contribution in [0.1, 0.15) is 25.3 Å². The highest BCUT2D eigenvalue weighted by atomic mass is 79.9. The molecule has 0 aliphatic rings. The third-order valence-corrected chi connectivity index (χ3v) is 2.93. The Kier molecular flexibility index (Phi) is 4.41. The molecule has 0 aliphatic heterocycles. The van der Waals surface area contributed by atoms with Crippen molar-refractivity contribution in [2.45, 2.75) is 19.8 Å². The Morgan fingerprint density at radius 3 is 2.59 bits per heavy atom. The van der Waals surface area contributed by atoms with Gasteiger partial charge in [-0.05, 0) is 45.7 Å². The molecule has 0 saturated carbocycles. The molecule has 0 bridgehead atoms. The zero-order valence-corrected chi connectivity index (χ0v) is 11.8. The van der Waals surface area contributed by atoms with Crippen molar-refractivity contribution in [2.24, 2.45) is 5.73 Å². The third-order valence-electron chi connectivity index (χ3n) is 2.20. The van der Waals surface area contributed by atoms with Gasteiger partial charge in [0.2, 0.25) is 0 Å². The minimum absolute atomic E-state index is 0.00824. The van der Waals surface area contributed by atoms with Gasteiger partial charge in [0.15, 0.2) is 5.11 Å². The van der Waals surface area contributed by atoms with Crippen molar-refractivity contribution in [3.63, 3.8) is 0 Å². The molecule has 0 aromatic heterocycles. The molecule has 0 spiro atoms. The van der Waals surface area contributed by atoms with Gasteiger partial charge in [0.05, 0.1) is 4.92 Å². The van der Waals surface area contributed by atoms with E-state index in [1.54, 1.807) is 0 Å². The standard InChI is InChI=1S/C10H12BrN3O2S/c1-5(2)6-3-7(11)9(13-10(12)17)8(4-6)14(15)16/h3-5H,1-2H3,(H3,12,13,17). The van der Waals surface area contributed by atoms with Crippen molar-refractivity contribution in [3.8, 4) is 0 Å². The number of rotatable bonds is 3. The fourth-order valence-electron chi connectivity index (χ4n) is 1.34. The first-order valence-electron chi connectivity index (χ1n) is 4.87. The van der Waals surface area contributed by atoms with Crippen molar-refractivity contribution in [1.29, 1.82) is 0 Å². The maximum absolute atomic E-state index is 11.0. The number of nitrogens with two attached hydrogens (primary N) is 1. The number of anilines is 1. The molecule has 7 heteroatoms. The molecule has 1 aromatic rings. The summed E-state index contributed by atoms with van der Waals surface area (Å²) in [7, 11) is 0. The molecule has 1 rings (SSSR count). The predicted molar refractivity (Wildman–Crippen MR) is 75.3 cm³/mol. The summed E-state index contributed by atoms with van der Waals surface area (Å²) in [5.41, 5.74) is 6.45. The number of nitro benzene ring substituents is 1. The number of thiocarbonyl (C=S) groups is 1. The Hall–Kier alpha value is -1.21. The van der Waals surface area contributed by atoms with Crippen LogP contribution in [-0.4, -0.2) is 10.0 Å². The van der Waals surface area contributed by atoms with Crippen molar-refractivity contribution in [1.82, 2.24) is 0 Å². The molecule has 0 heterocycles. The molecular weight excluding hydrogens is 306 g/mol. The van der Waals surface area contributed by atoms with E-state index in [0.29, 0.717) is 4.47 Å². The van der Waals surface area contributed by atoms with Gasteiger partial charge in [-0.3, -0.25) is 10.1 Å². The van der Waals surface area contributed by atoms with E-state index in [-0.39, 0.29) is 22.4 Å². The number of nitrogens with one attached hydrogen (secondary N) is 1. The van der Waals surface area contributed by atoms with Crippen LogP contribution in [-0.2, 0) is 0 Å². The lowest BCUT2D eigenvalue weighted by Crippen LogP contribution is -2.20. The predicted octanol–water partition coefficient (Wildman–Crippen LogP) is 3.14. The first-order valence-corrected chi connectivity index (χ1v) is 6.07. The second-order valence-electron chi connectivity index (χ2n) is 3.80. The normalized spacial score (nSPS) is 10.4. The molecule has 0 saturated heterocycles. The Bertz CT molecular complexity index is 477. The van der Waals surface area contributed by atoms with Crippen LogP contribution in [0.2, 0.25) is 0 Å².